The van der Waals surface area contributed by atoms with Crippen LogP contribution >= 0.6 is 23.2 Å². The van der Waals surface area contributed by atoms with Gasteiger partial charge in [-0.05, 0) is 24.5 Å². The molecule has 1 atom stereocenters. The molecule has 34 heavy (non-hydrogen) atoms. The van der Waals surface area contributed by atoms with Gasteiger partial charge in [0.15, 0.2) is 23.2 Å². The predicted molar refractivity (Wildman–Crippen MR) is 129 cm³/mol. The number of benzene rings is 1. The van der Waals surface area contributed by atoms with Crippen LogP contribution in [0.1, 0.15) is 32.4 Å². The predicted octanol–water partition coefficient (Wildman–Crippen LogP) is 6.59. The number of aromatic nitrogens is 4. The highest BCUT2D eigenvalue weighted by atomic mass is 35.5. The van der Waals surface area contributed by atoms with Gasteiger partial charge in [-0.3, -0.25) is 10.1 Å². The van der Waals surface area contributed by atoms with Crippen LogP contribution in [-0.4, -0.2) is 33.3 Å². The van der Waals surface area contributed by atoms with Crippen molar-refractivity contribution in [2.75, 3.05) is 18.0 Å². The first-order valence-electron chi connectivity index (χ1n) is 10.7. The highest BCUT2D eigenvalue weighted by Gasteiger charge is 2.36. The minimum atomic E-state index is -0.649. The Morgan fingerprint density at radius 1 is 1.06 bits per heavy atom. The third-order valence-electron chi connectivity index (χ3n) is 5.85. The molecule has 1 saturated heterocycles. The molecular formula is C24H21Cl2F2N5O. The van der Waals surface area contributed by atoms with Gasteiger partial charge in [-0.1, -0.05) is 37.0 Å². The van der Waals surface area contributed by atoms with Crippen molar-refractivity contribution in [1.82, 2.24) is 20.2 Å². The first kappa shape index (κ1) is 22.8. The van der Waals surface area contributed by atoms with E-state index in [1.165, 1.54) is 30.6 Å². The Labute approximate surface area is 204 Å². The number of pyridine rings is 2. The summed E-state index contributed by atoms with van der Waals surface area (Å²) in [6.45, 7) is 7.45. The van der Waals surface area contributed by atoms with Crippen LogP contribution in [0.3, 0.4) is 0 Å². The Bertz CT molecular complexity index is 1380. The number of nitrogens with zero attached hydrogens (tertiary/aromatic N) is 4. The van der Waals surface area contributed by atoms with E-state index in [2.05, 4.69) is 34.0 Å². The molecule has 1 aromatic carbocycles. The van der Waals surface area contributed by atoms with Crippen LogP contribution < -0.4 is 9.64 Å². The fourth-order valence-electron chi connectivity index (χ4n) is 4.32. The summed E-state index contributed by atoms with van der Waals surface area (Å²) < 4.78 is 35.5. The summed E-state index contributed by atoms with van der Waals surface area (Å²) in [5.74, 6) is -0.716. The summed E-state index contributed by atoms with van der Waals surface area (Å²) in [5, 5.41) is 8.26. The van der Waals surface area contributed by atoms with E-state index in [1.54, 1.807) is 13.1 Å². The largest absolute Gasteiger partial charge is 0.483 e. The van der Waals surface area contributed by atoms with Gasteiger partial charge in [0, 0.05) is 54.3 Å². The first-order valence-corrected chi connectivity index (χ1v) is 11.4. The molecule has 1 aliphatic heterocycles. The van der Waals surface area contributed by atoms with Gasteiger partial charge in [-0.15, -0.1) is 0 Å². The van der Waals surface area contributed by atoms with Gasteiger partial charge in [0.25, 0.3) is 0 Å². The molecule has 0 saturated carbocycles. The minimum absolute atomic E-state index is 0.0144. The van der Waals surface area contributed by atoms with Gasteiger partial charge in [0.2, 0.25) is 0 Å². The maximum Gasteiger partial charge on any atom is 0.167 e. The number of ether oxygens (including phenoxy) is 1. The van der Waals surface area contributed by atoms with Gasteiger partial charge < -0.3 is 9.64 Å². The highest BCUT2D eigenvalue weighted by Crippen LogP contribution is 2.38. The summed E-state index contributed by atoms with van der Waals surface area (Å²) >= 11 is 12.4. The van der Waals surface area contributed by atoms with E-state index >= 15 is 0 Å². The smallest absolute Gasteiger partial charge is 0.167 e. The number of rotatable bonds is 5. The van der Waals surface area contributed by atoms with Crippen molar-refractivity contribution in [3.8, 4) is 17.0 Å². The number of aromatic amines is 1. The van der Waals surface area contributed by atoms with Crippen molar-refractivity contribution in [1.29, 1.82) is 0 Å². The Hall–Kier alpha value is -2.97. The van der Waals surface area contributed by atoms with E-state index < -0.39 is 17.7 Å². The molecule has 10 heteroatoms. The van der Waals surface area contributed by atoms with Crippen LogP contribution in [-0.2, 0) is 0 Å². The van der Waals surface area contributed by atoms with E-state index in [4.69, 9.17) is 27.9 Å². The van der Waals surface area contributed by atoms with Gasteiger partial charge >= 0.3 is 0 Å². The second-order valence-electron chi connectivity index (χ2n) is 9.23. The normalized spacial score (nSPS) is 15.9. The number of H-pyrrole nitrogens is 1. The Balaban J connectivity index is 1.47. The van der Waals surface area contributed by atoms with Gasteiger partial charge in [0.1, 0.15) is 11.8 Å². The van der Waals surface area contributed by atoms with Crippen molar-refractivity contribution < 1.29 is 13.5 Å². The number of anilines is 1. The van der Waals surface area contributed by atoms with Crippen molar-refractivity contribution in [2.24, 2.45) is 5.41 Å². The van der Waals surface area contributed by atoms with E-state index in [9.17, 15) is 8.78 Å². The van der Waals surface area contributed by atoms with Crippen LogP contribution in [0.5, 0.6) is 5.75 Å². The van der Waals surface area contributed by atoms with Crippen LogP contribution in [0, 0.1) is 17.0 Å². The molecule has 0 amide bonds. The van der Waals surface area contributed by atoms with Crippen LogP contribution in [0.4, 0.5) is 14.6 Å². The second kappa shape index (κ2) is 8.36. The van der Waals surface area contributed by atoms with Crippen molar-refractivity contribution in [3.05, 3.63) is 64.0 Å². The molecule has 0 bridgehead atoms. The maximum atomic E-state index is 14.9. The van der Waals surface area contributed by atoms with E-state index in [0.717, 1.165) is 13.1 Å². The third kappa shape index (κ3) is 4.05. The summed E-state index contributed by atoms with van der Waals surface area (Å²) in [5.41, 5.74) is 2.00. The van der Waals surface area contributed by atoms with E-state index in [0.29, 0.717) is 43.6 Å². The standard InChI is InChI=1S/C24H21Cl2F2N5O/c1-12(21-15(25)8-29-9-16(21)26)34-20-5-14-19(6-17(20)27)31-32-22(14)13-4-18(28)23(30-7-13)33-10-24(2,3)11-33/h4-9,12H,10-11H2,1-3H3,(H,31,32)/t12-/m1/s1. The van der Waals surface area contributed by atoms with Gasteiger partial charge in [-0.25, -0.2) is 13.8 Å². The lowest BCUT2D eigenvalue weighted by Gasteiger charge is -2.46. The molecule has 0 spiro atoms. The summed E-state index contributed by atoms with van der Waals surface area (Å²) in [7, 11) is 0. The number of halogens is 4. The number of fused-ring (bicyclic) bond motifs is 1. The molecule has 4 aromatic rings. The molecule has 0 radical (unpaired) electrons. The molecule has 1 N–H and O–H groups in total. The third-order valence-corrected chi connectivity index (χ3v) is 6.45. The van der Waals surface area contributed by atoms with Crippen LogP contribution in [0.25, 0.3) is 22.2 Å². The fourth-order valence-corrected chi connectivity index (χ4v) is 4.99. The summed E-state index contributed by atoms with van der Waals surface area (Å²) in [6.07, 6.45) is 3.82. The fraction of sp³-hybridized carbons (Fsp3) is 0.292. The minimum Gasteiger partial charge on any atom is -0.483 e. The zero-order chi connectivity index (χ0) is 24.2. The van der Waals surface area contributed by atoms with Gasteiger partial charge in [-0.2, -0.15) is 5.10 Å². The zero-order valence-electron chi connectivity index (χ0n) is 18.7. The second-order valence-corrected chi connectivity index (χ2v) is 10.0. The van der Waals surface area contributed by atoms with Crippen LogP contribution in [0.15, 0.2) is 36.8 Å². The summed E-state index contributed by atoms with van der Waals surface area (Å²) in [4.78, 5) is 10.2. The average Bonchev–Trinajstić information content (AvgIpc) is 3.14. The molecule has 4 heterocycles. The van der Waals surface area contributed by atoms with Crippen LogP contribution in [0.2, 0.25) is 10.0 Å². The molecule has 5 rings (SSSR count). The zero-order valence-corrected chi connectivity index (χ0v) is 20.2. The van der Waals surface area contributed by atoms with Crippen molar-refractivity contribution in [2.45, 2.75) is 26.9 Å². The van der Waals surface area contributed by atoms with E-state index in [1.807, 2.05) is 4.90 Å². The molecule has 176 valence electrons. The highest BCUT2D eigenvalue weighted by molar-refractivity contribution is 6.35. The van der Waals surface area contributed by atoms with Crippen molar-refractivity contribution >= 4 is 39.9 Å². The first-order chi connectivity index (χ1) is 16.1. The summed E-state index contributed by atoms with van der Waals surface area (Å²) in [6, 6.07) is 4.20. The molecule has 0 aliphatic carbocycles. The average molecular weight is 504 g/mol. The Morgan fingerprint density at radius 2 is 1.76 bits per heavy atom. The number of hydrogen-bond donors (Lipinski definition) is 1. The maximum absolute atomic E-state index is 14.9. The molecule has 3 aromatic heterocycles. The molecule has 1 fully saturated rings. The number of hydrogen-bond acceptors (Lipinski definition) is 5. The van der Waals surface area contributed by atoms with Gasteiger partial charge in [0.05, 0.1) is 15.6 Å². The van der Waals surface area contributed by atoms with E-state index in [-0.39, 0.29) is 11.2 Å². The lowest BCUT2D eigenvalue weighted by molar-refractivity contribution is 0.217. The molecule has 6 nitrogen and oxygen atoms in total. The molecule has 1 aliphatic rings. The van der Waals surface area contributed by atoms with Crippen molar-refractivity contribution in [3.63, 3.8) is 0 Å². The topological polar surface area (TPSA) is 66.9 Å². The monoisotopic (exact) mass is 503 g/mol. The number of nitrogens with one attached hydrogen (secondary N) is 1. The Morgan fingerprint density at radius 3 is 2.41 bits per heavy atom. The lowest BCUT2D eigenvalue weighted by Crippen LogP contribution is -2.53. The lowest BCUT2D eigenvalue weighted by atomic mass is 9.84. The molecule has 0 unspecified atom stereocenters. The quantitative estimate of drug-likeness (QED) is 0.332. The Kier molecular flexibility index (Phi) is 5.61. The SMILES string of the molecule is C[C@@H](Oc1cc2c(-c3cnc(N4CC(C)(C)C4)c(F)c3)n[nH]c2cc1F)c1c(Cl)cncc1Cl. The molecular weight excluding hydrogens is 483 g/mol.